The molecule has 0 radical (unpaired) electrons. The highest BCUT2D eigenvalue weighted by molar-refractivity contribution is 14.1. The molecule has 2 rings (SSSR count). The molecular weight excluding hydrogens is 345 g/mol. The molecule has 0 saturated heterocycles. The summed E-state index contributed by atoms with van der Waals surface area (Å²) in [5.41, 5.74) is 4.07. The Balaban J connectivity index is 2.15. The first-order valence-corrected chi connectivity index (χ1v) is 7.81. The number of nitrogens with one attached hydrogen (secondary N) is 1. The van der Waals surface area contributed by atoms with Crippen LogP contribution in [-0.2, 0) is 6.42 Å². The second-order valence-corrected chi connectivity index (χ2v) is 6.10. The average Bonchev–Trinajstić information content (AvgIpc) is 2.42. The Labute approximate surface area is 129 Å². The van der Waals surface area contributed by atoms with E-state index in [2.05, 4.69) is 90.3 Å². The van der Waals surface area contributed by atoms with E-state index in [0.717, 1.165) is 13.0 Å². The number of rotatable bonds is 5. The van der Waals surface area contributed by atoms with Crippen molar-refractivity contribution in [2.24, 2.45) is 0 Å². The van der Waals surface area contributed by atoms with Gasteiger partial charge in [0.25, 0.3) is 0 Å². The number of benzene rings is 2. The van der Waals surface area contributed by atoms with Crippen LogP contribution in [0.5, 0.6) is 0 Å². The van der Waals surface area contributed by atoms with Gasteiger partial charge in [-0.05, 0) is 65.7 Å². The number of halogens is 1. The Morgan fingerprint density at radius 1 is 1.00 bits per heavy atom. The van der Waals surface area contributed by atoms with E-state index >= 15 is 0 Å². The molecule has 19 heavy (non-hydrogen) atoms. The van der Waals surface area contributed by atoms with Crippen molar-refractivity contribution in [3.05, 3.63) is 68.8 Å². The molecule has 1 unspecified atom stereocenters. The van der Waals surface area contributed by atoms with Gasteiger partial charge in [-0.1, -0.05) is 48.9 Å². The van der Waals surface area contributed by atoms with Crippen LogP contribution >= 0.6 is 22.6 Å². The Bertz CT molecular complexity index is 502. The van der Waals surface area contributed by atoms with Gasteiger partial charge in [0.05, 0.1) is 0 Å². The standard InChI is InChI=1S/C17H20IN/c1-3-19-17(15-8-10-16(18)11-9-15)12-14-6-4-13(2)5-7-14/h4-11,17,19H,3,12H2,1-2H3. The fraction of sp³-hybridized carbons (Fsp3) is 0.294. The lowest BCUT2D eigenvalue weighted by Gasteiger charge is -2.18. The fourth-order valence-corrected chi connectivity index (χ4v) is 2.57. The van der Waals surface area contributed by atoms with Gasteiger partial charge in [-0.15, -0.1) is 0 Å². The molecular formula is C17H20IN. The molecule has 2 aromatic carbocycles. The maximum atomic E-state index is 3.58. The van der Waals surface area contributed by atoms with E-state index in [1.165, 1.54) is 20.3 Å². The lowest BCUT2D eigenvalue weighted by atomic mass is 9.98. The summed E-state index contributed by atoms with van der Waals surface area (Å²) in [4.78, 5) is 0. The van der Waals surface area contributed by atoms with E-state index in [0.29, 0.717) is 6.04 Å². The molecule has 1 nitrogen and oxygen atoms in total. The minimum atomic E-state index is 0.393. The highest BCUT2D eigenvalue weighted by Gasteiger charge is 2.10. The van der Waals surface area contributed by atoms with E-state index in [4.69, 9.17) is 0 Å². The second kappa shape index (κ2) is 7.06. The zero-order valence-electron chi connectivity index (χ0n) is 11.5. The highest BCUT2D eigenvalue weighted by Crippen LogP contribution is 2.20. The monoisotopic (exact) mass is 365 g/mol. The summed E-state index contributed by atoms with van der Waals surface area (Å²) in [6.07, 6.45) is 1.04. The zero-order valence-corrected chi connectivity index (χ0v) is 13.6. The van der Waals surface area contributed by atoms with Crippen LogP contribution in [0.1, 0.15) is 29.7 Å². The number of hydrogen-bond donors (Lipinski definition) is 1. The molecule has 0 fully saturated rings. The summed E-state index contributed by atoms with van der Waals surface area (Å²) in [5, 5.41) is 3.58. The predicted molar refractivity (Wildman–Crippen MR) is 90.5 cm³/mol. The molecule has 2 aromatic rings. The lowest BCUT2D eigenvalue weighted by molar-refractivity contribution is 0.550. The summed E-state index contributed by atoms with van der Waals surface area (Å²) in [6, 6.07) is 18.0. The van der Waals surface area contributed by atoms with Gasteiger partial charge in [0.15, 0.2) is 0 Å². The first-order chi connectivity index (χ1) is 9.19. The van der Waals surface area contributed by atoms with Gasteiger partial charge in [0.2, 0.25) is 0 Å². The van der Waals surface area contributed by atoms with Crippen LogP contribution in [0.2, 0.25) is 0 Å². The maximum Gasteiger partial charge on any atom is 0.0360 e. The van der Waals surface area contributed by atoms with Crippen molar-refractivity contribution in [1.29, 1.82) is 0 Å². The fourth-order valence-electron chi connectivity index (χ4n) is 2.21. The normalized spacial score (nSPS) is 12.4. The highest BCUT2D eigenvalue weighted by atomic mass is 127. The van der Waals surface area contributed by atoms with E-state index in [-0.39, 0.29) is 0 Å². The molecule has 0 aliphatic carbocycles. The first kappa shape index (κ1) is 14.5. The number of hydrogen-bond acceptors (Lipinski definition) is 1. The summed E-state index contributed by atoms with van der Waals surface area (Å²) in [7, 11) is 0. The van der Waals surface area contributed by atoms with E-state index in [1.807, 2.05) is 0 Å². The van der Waals surface area contributed by atoms with Crippen molar-refractivity contribution >= 4 is 22.6 Å². The van der Waals surface area contributed by atoms with Crippen molar-refractivity contribution in [3.8, 4) is 0 Å². The second-order valence-electron chi connectivity index (χ2n) is 4.85. The molecule has 2 heteroatoms. The molecule has 0 bridgehead atoms. The van der Waals surface area contributed by atoms with Gasteiger partial charge in [-0.2, -0.15) is 0 Å². The van der Waals surface area contributed by atoms with Crippen molar-refractivity contribution < 1.29 is 0 Å². The van der Waals surface area contributed by atoms with E-state index < -0.39 is 0 Å². The van der Waals surface area contributed by atoms with Crippen LogP contribution in [0, 0.1) is 10.5 Å². The first-order valence-electron chi connectivity index (χ1n) is 6.73. The number of likely N-dealkylation sites (N-methyl/N-ethyl adjacent to an activating group) is 1. The Morgan fingerprint density at radius 2 is 1.63 bits per heavy atom. The Kier molecular flexibility index (Phi) is 5.40. The van der Waals surface area contributed by atoms with Gasteiger partial charge >= 0.3 is 0 Å². The van der Waals surface area contributed by atoms with E-state index in [9.17, 15) is 0 Å². The molecule has 0 aromatic heterocycles. The van der Waals surface area contributed by atoms with Crippen LogP contribution < -0.4 is 5.32 Å². The number of aryl methyl sites for hydroxylation is 1. The largest absolute Gasteiger partial charge is 0.310 e. The topological polar surface area (TPSA) is 12.0 Å². The van der Waals surface area contributed by atoms with Gasteiger partial charge in [0, 0.05) is 9.61 Å². The third kappa shape index (κ3) is 4.32. The molecule has 1 atom stereocenters. The molecule has 0 amide bonds. The minimum absolute atomic E-state index is 0.393. The molecule has 0 spiro atoms. The Morgan fingerprint density at radius 3 is 2.21 bits per heavy atom. The summed E-state index contributed by atoms with van der Waals surface area (Å²) < 4.78 is 1.28. The van der Waals surface area contributed by atoms with Crippen molar-refractivity contribution in [2.75, 3.05) is 6.54 Å². The summed E-state index contributed by atoms with van der Waals surface area (Å²) in [6.45, 7) is 5.28. The van der Waals surface area contributed by atoms with Crippen LogP contribution in [0.15, 0.2) is 48.5 Å². The van der Waals surface area contributed by atoms with Crippen molar-refractivity contribution in [2.45, 2.75) is 26.3 Å². The zero-order chi connectivity index (χ0) is 13.7. The van der Waals surface area contributed by atoms with Crippen molar-refractivity contribution in [3.63, 3.8) is 0 Å². The van der Waals surface area contributed by atoms with Crippen LogP contribution in [0.25, 0.3) is 0 Å². The SMILES string of the molecule is CCNC(Cc1ccc(C)cc1)c1ccc(I)cc1. The molecule has 0 saturated carbocycles. The average molecular weight is 365 g/mol. The van der Waals surface area contributed by atoms with Gasteiger partial charge in [-0.25, -0.2) is 0 Å². The van der Waals surface area contributed by atoms with Crippen molar-refractivity contribution in [1.82, 2.24) is 5.32 Å². The summed E-state index contributed by atoms with van der Waals surface area (Å²) >= 11 is 2.35. The van der Waals surface area contributed by atoms with Crippen LogP contribution in [0.4, 0.5) is 0 Å². The van der Waals surface area contributed by atoms with Gasteiger partial charge < -0.3 is 5.32 Å². The minimum Gasteiger partial charge on any atom is -0.310 e. The van der Waals surface area contributed by atoms with Gasteiger partial charge in [0.1, 0.15) is 0 Å². The molecule has 0 heterocycles. The lowest BCUT2D eigenvalue weighted by Crippen LogP contribution is -2.22. The molecule has 100 valence electrons. The van der Waals surface area contributed by atoms with E-state index in [1.54, 1.807) is 0 Å². The molecule has 1 N–H and O–H groups in total. The Hall–Kier alpha value is -0.870. The summed E-state index contributed by atoms with van der Waals surface area (Å²) in [5.74, 6) is 0. The predicted octanol–water partition coefficient (Wildman–Crippen LogP) is 4.49. The molecule has 0 aliphatic rings. The van der Waals surface area contributed by atoms with Gasteiger partial charge in [-0.3, -0.25) is 0 Å². The maximum absolute atomic E-state index is 3.58. The third-order valence-electron chi connectivity index (χ3n) is 3.28. The van der Waals surface area contributed by atoms with Crippen LogP contribution in [0.3, 0.4) is 0 Å². The quantitative estimate of drug-likeness (QED) is 0.770. The third-order valence-corrected chi connectivity index (χ3v) is 4.00. The van der Waals surface area contributed by atoms with Crippen LogP contribution in [-0.4, -0.2) is 6.54 Å². The smallest absolute Gasteiger partial charge is 0.0360 e. The molecule has 0 aliphatic heterocycles.